The minimum absolute atomic E-state index is 0.0125. The highest BCUT2D eigenvalue weighted by Gasteiger charge is 2.14. The average molecular weight is 653 g/mol. The number of hydrogen-bond acceptors (Lipinski definition) is 5. The standard InChI is InChI=1S/C24H16BrClIN3O4/c1-14-20(26)3-2-4-22(14)29-24(31)17(12-28)9-16-10-19(25)23(21(27)11-16)34-13-15-5-7-18(8-6-15)30(32)33/h2-11H,13H2,1H3,(H,29,31)/b17-9-. The van der Waals surface area contributed by atoms with E-state index in [4.69, 9.17) is 16.3 Å². The Bertz CT molecular complexity index is 1310. The predicted octanol–water partition coefficient (Wildman–Crippen LogP) is 7.05. The second kappa shape index (κ2) is 11.5. The first-order chi connectivity index (χ1) is 16.2. The molecule has 0 bridgehead atoms. The van der Waals surface area contributed by atoms with Crippen LogP contribution in [0, 0.1) is 31.9 Å². The Hall–Kier alpha value is -2.94. The summed E-state index contributed by atoms with van der Waals surface area (Å²) in [6, 6.07) is 16.7. The molecular weight excluding hydrogens is 637 g/mol. The molecule has 1 N–H and O–H groups in total. The van der Waals surface area contributed by atoms with Crippen molar-refractivity contribution in [3.63, 3.8) is 0 Å². The molecule has 0 fully saturated rings. The van der Waals surface area contributed by atoms with E-state index in [9.17, 15) is 20.2 Å². The molecule has 0 aliphatic carbocycles. The number of nitriles is 1. The Morgan fingerprint density at radius 2 is 2.00 bits per heavy atom. The van der Waals surface area contributed by atoms with Gasteiger partial charge in [-0.15, -0.1) is 0 Å². The molecule has 172 valence electrons. The number of amides is 1. The number of anilines is 1. The highest BCUT2D eigenvalue weighted by atomic mass is 127. The third-order valence-electron chi connectivity index (χ3n) is 4.74. The van der Waals surface area contributed by atoms with Gasteiger partial charge in [-0.1, -0.05) is 17.7 Å². The number of nitrogens with one attached hydrogen (secondary N) is 1. The van der Waals surface area contributed by atoms with Crippen LogP contribution in [0.4, 0.5) is 11.4 Å². The first-order valence-corrected chi connectivity index (χ1v) is 12.0. The highest BCUT2D eigenvalue weighted by molar-refractivity contribution is 14.1. The van der Waals surface area contributed by atoms with Crippen LogP contribution in [0.25, 0.3) is 6.08 Å². The number of carbonyl (C=O) groups is 1. The molecule has 0 atom stereocenters. The first kappa shape index (κ1) is 25.7. The van der Waals surface area contributed by atoms with Crippen LogP contribution in [0.2, 0.25) is 5.02 Å². The molecule has 10 heteroatoms. The maximum absolute atomic E-state index is 12.6. The molecule has 0 radical (unpaired) electrons. The lowest BCUT2D eigenvalue weighted by molar-refractivity contribution is -0.384. The van der Waals surface area contributed by atoms with Gasteiger partial charge >= 0.3 is 0 Å². The van der Waals surface area contributed by atoms with Crippen molar-refractivity contribution in [1.82, 2.24) is 0 Å². The van der Waals surface area contributed by atoms with Crippen LogP contribution in [0.1, 0.15) is 16.7 Å². The number of rotatable bonds is 7. The Kier molecular flexibility index (Phi) is 8.66. The van der Waals surface area contributed by atoms with Crippen molar-refractivity contribution < 1.29 is 14.5 Å². The molecule has 1 amide bonds. The average Bonchev–Trinajstić information content (AvgIpc) is 2.80. The van der Waals surface area contributed by atoms with E-state index in [1.54, 1.807) is 49.4 Å². The molecule has 3 aromatic rings. The third kappa shape index (κ3) is 6.34. The molecule has 34 heavy (non-hydrogen) atoms. The molecule has 0 saturated heterocycles. The summed E-state index contributed by atoms with van der Waals surface area (Å²) in [5, 5.41) is 23.6. The largest absolute Gasteiger partial charge is 0.487 e. The number of benzene rings is 3. The van der Waals surface area contributed by atoms with Crippen molar-refractivity contribution in [3.05, 3.63) is 100 Å². The van der Waals surface area contributed by atoms with Gasteiger partial charge in [0, 0.05) is 22.8 Å². The molecule has 3 aromatic carbocycles. The first-order valence-electron chi connectivity index (χ1n) is 9.73. The van der Waals surface area contributed by atoms with Crippen molar-refractivity contribution in [2.75, 3.05) is 5.32 Å². The highest BCUT2D eigenvalue weighted by Crippen LogP contribution is 2.33. The van der Waals surface area contributed by atoms with Crippen LogP contribution in [0.15, 0.2) is 64.6 Å². The van der Waals surface area contributed by atoms with Crippen LogP contribution in [0.3, 0.4) is 0 Å². The summed E-state index contributed by atoms with van der Waals surface area (Å²) < 4.78 is 7.28. The van der Waals surface area contributed by atoms with E-state index in [1.165, 1.54) is 18.2 Å². The molecule has 0 unspecified atom stereocenters. The number of nitro groups is 1. The third-order valence-corrected chi connectivity index (χ3v) is 6.54. The Morgan fingerprint density at radius 1 is 1.29 bits per heavy atom. The normalized spacial score (nSPS) is 11.0. The number of carbonyl (C=O) groups excluding carboxylic acids is 1. The van der Waals surface area contributed by atoms with Crippen LogP contribution < -0.4 is 10.1 Å². The number of nitro benzene ring substituents is 1. The number of halogens is 3. The smallest absolute Gasteiger partial charge is 0.269 e. The number of non-ortho nitro benzene ring substituents is 1. The Balaban J connectivity index is 1.76. The van der Waals surface area contributed by atoms with Gasteiger partial charge in [0.05, 0.1) is 13.0 Å². The van der Waals surface area contributed by atoms with Gasteiger partial charge in [0.25, 0.3) is 11.6 Å². The fourth-order valence-corrected chi connectivity index (χ4v) is 4.86. The fourth-order valence-electron chi connectivity index (χ4n) is 2.92. The van der Waals surface area contributed by atoms with E-state index in [0.717, 1.165) is 9.13 Å². The Morgan fingerprint density at radius 3 is 2.62 bits per heavy atom. The van der Waals surface area contributed by atoms with Gasteiger partial charge in [-0.05, 0) is 105 Å². The van der Waals surface area contributed by atoms with Crippen molar-refractivity contribution in [3.8, 4) is 11.8 Å². The van der Waals surface area contributed by atoms with Crippen LogP contribution >= 0.6 is 50.1 Å². The van der Waals surface area contributed by atoms with Crippen molar-refractivity contribution in [2.45, 2.75) is 13.5 Å². The lowest BCUT2D eigenvalue weighted by Crippen LogP contribution is -2.14. The van der Waals surface area contributed by atoms with Gasteiger partial charge in [-0.2, -0.15) is 5.26 Å². The van der Waals surface area contributed by atoms with E-state index in [1.807, 2.05) is 6.07 Å². The number of hydrogen-bond donors (Lipinski definition) is 1. The molecular formula is C24H16BrClIN3O4. The minimum atomic E-state index is -0.544. The zero-order chi connectivity index (χ0) is 24.8. The maximum Gasteiger partial charge on any atom is 0.269 e. The summed E-state index contributed by atoms with van der Waals surface area (Å²) in [6.07, 6.45) is 1.49. The quantitative estimate of drug-likeness (QED) is 0.0969. The topological polar surface area (TPSA) is 105 Å². The summed E-state index contributed by atoms with van der Waals surface area (Å²) >= 11 is 11.7. The molecule has 0 aromatic heterocycles. The zero-order valence-corrected chi connectivity index (χ0v) is 22.1. The van der Waals surface area contributed by atoms with E-state index in [-0.39, 0.29) is 17.9 Å². The summed E-state index contributed by atoms with van der Waals surface area (Å²) in [7, 11) is 0. The maximum atomic E-state index is 12.6. The van der Waals surface area contributed by atoms with Gasteiger partial charge in [0.1, 0.15) is 24.0 Å². The van der Waals surface area contributed by atoms with Gasteiger partial charge < -0.3 is 10.1 Å². The van der Waals surface area contributed by atoms with E-state index < -0.39 is 10.8 Å². The summed E-state index contributed by atoms with van der Waals surface area (Å²) in [5.74, 6) is 0.0334. The lowest BCUT2D eigenvalue weighted by atomic mass is 10.1. The molecule has 0 heterocycles. The van der Waals surface area contributed by atoms with Crippen molar-refractivity contribution in [2.24, 2.45) is 0 Å². The second-order valence-electron chi connectivity index (χ2n) is 7.06. The number of ether oxygens (including phenoxy) is 1. The van der Waals surface area contributed by atoms with E-state index in [0.29, 0.717) is 32.1 Å². The van der Waals surface area contributed by atoms with Crippen LogP contribution in [0.5, 0.6) is 5.75 Å². The SMILES string of the molecule is Cc1c(Cl)cccc1NC(=O)/C(C#N)=C\c1cc(Br)c(OCc2ccc([N+](=O)[O-])cc2)c(I)c1. The van der Waals surface area contributed by atoms with Crippen LogP contribution in [-0.4, -0.2) is 10.8 Å². The van der Waals surface area contributed by atoms with Crippen LogP contribution in [-0.2, 0) is 11.4 Å². The summed E-state index contributed by atoms with van der Waals surface area (Å²) in [5.41, 5.74) is 2.59. The predicted molar refractivity (Wildman–Crippen MR) is 143 cm³/mol. The summed E-state index contributed by atoms with van der Waals surface area (Å²) in [4.78, 5) is 23.0. The minimum Gasteiger partial charge on any atom is -0.487 e. The Labute approximate surface area is 222 Å². The van der Waals surface area contributed by atoms with Gasteiger partial charge in [-0.3, -0.25) is 14.9 Å². The summed E-state index contributed by atoms with van der Waals surface area (Å²) in [6.45, 7) is 2.00. The second-order valence-corrected chi connectivity index (χ2v) is 9.49. The lowest BCUT2D eigenvalue weighted by Gasteiger charge is -2.12. The fraction of sp³-hybridized carbons (Fsp3) is 0.0833. The van der Waals surface area contributed by atoms with Gasteiger partial charge in [0.15, 0.2) is 0 Å². The van der Waals surface area contributed by atoms with Gasteiger partial charge in [-0.25, -0.2) is 0 Å². The molecule has 3 rings (SSSR count). The molecule has 0 saturated carbocycles. The monoisotopic (exact) mass is 651 g/mol. The molecule has 0 spiro atoms. The van der Waals surface area contributed by atoms with Crippen molar-refractivity contribution in [1.29, 1.82) is 5.26 Å². The molecule has 7 nitrogen and oxygen atoms in total. The van der Waals surface area contributed by atoms with Gasteiger partial charge in [0.2, 0.25) is 0 Å². The zero-order valence-electron chi connectivity index (χ0n) is 17.6. The van der Waals surface area contributed by atoms with E-state index in [2.05, 4.69) is 43.8 Å². The van der Waals surface area contributed by atoms with Crippen molar-refractivity contribution >= 4 is 73.5 Å². The molecule has 0 aliphatic rings. The number of nitrogens with zero attached hydrogens (tertiary/aromatic N) is 2. The van der Waals surface area contributed by atoms with E-state index >= 15 is 0 Å². The molecule has 0 aliphatic heterocycles.